The van der Waals surface area contributed by atoms with Crippen molar-refractivity contribution in [3.05, 3.63) is 54.1 Å². The van der Waals surface area contributed by atoms with Gasteiger partial charge in [-0.15, -0.1) is 0 Å². The summed E-state index contributed by atoms with van der Waals surface area (Å²) in [6, 6.07) is 14.9. The van der Waals surface area contributed by atoms with Gasteiger partial charge in [-0.1, -0.05) is 12.1 Å². The van der Waals surface area contributed by atoms with Gasteiger partial charge < -0.3 is 15.4 Å². The summed E-state index contributed by atoms with van der Waals surface area (Å²) in [7, 11) is 1.63. The average molecular weight is 284 g/mol. The molecule has 0 unspecified atom stereocenters. The zero-order valence-corrected chi connectivity index (χ0v) is 12.4. The first-order chi connectivity index (χ1) is 10.1. The number of carbonyl (C=O) groups is 1. The normalized spacial score (nSPS) is 10.2. The summed E-state index contributed by atoms with van der Waals surface area (Å²) in [6.45, 7) is 2.58. The molecule has 2 aromatic rings. The Morgan fingerprint density at radius 2 is 1.71 bits per heavy atom. The highest BCUT2D eigenvalue weighted by Gasteiger charge is 2.14. The molecule has 0 aromatic heterocycles. The maximum Gasteiger partial charge on any atom is 0.231 e. The van der Waals surface area contributed by atoms with Crippen molar-refractivity contribution in [2.24, 2.45) is 0 Å². The molecule has 4 heteroatoms. The zero-order chi connectivity index (χ0) is 15.2. The van der Waals surface area contributed by atoms with Crippen LogP contribution in [0.15, 0.2) is 48.5 Å². The molecule has 2 aromatic carbocycles. The fourth-order valence-electron chi connectivity index (χ4n) is 2.17. The van der Waals surface area contributed by atoms with E-state index in [2.05, 4.69) is 0 Å². The number of benzene rings is 2. The number of nitrogen functional groups attached to an aromatic ring is 1. The molecule has 2 rings (SSSR count). The van der Waals surface area contributed by atoms with Crippen molar-refractivity contribution in [3.8, 4) is 5.75 Å². The molecule has 0 aliphatic carbocycles. The van der Waals surface area contributed by atoms with Gasteiger partial charge in [0, 0.05) is 17.9 Å². The fourth-order valence-corrected chi connectivity index (χ4v) is 2.17. The number of nitrogens with two attached hydrogens (primary N) is 1. The standard InChI is InChI=1S/C17H20N2O2/c1-3-19(15-8-6-14(18)7-9-15)17(20)12-13-4-10-16(21-2)11-5-13/h4-11H,3,12,18H2,1-2H3. The van der Waals surface area contributed by atoms with E-state index in [9.17, 15) is 4.79 Å². The summed E-state index contributed by atoms with van der Waals surface area (Å²) < 4.78 is 5.12. The summed E-state index contributed by atoms with van der Waals surface area (Å²) in [5, 5.41) is 0. The largest absolute Gasteiger partial charge is 0.497 e. The fraction of sp³-hybridized carbons (Fsp3) is 0.235. The quantitative estimate of drug-likeness (QED) is 0.859. The minimum absolute atomic E-state index is 0.0624. The highest BCUT2D eigenvalue weighted by molar-refractivity contribution is 5.94. The average Bonchev–Trinajstić information content (AvgIpc) is 2.50. The highest BCUT2D eigenvalue weighted by atomic mass is 16.5. The first-order valence-electron chi connectivity index (χ1n) is 6.93. The Labute approximate surface area is 125 Å². The molecule has 0 aliphatic rings. The summed E-state index contributed by atoms with van der Waals surface area (Å²) in [5.41, 5.74) is 8.21. The van der Waals surface area contributed by atoms with Crippen molar-refractivity contribution in [2.45, 2.75) is 13.3 Å². The third kappa shape index (κ3) is 3.75. The molecule has 0 spiro atoms. The van der Waals surface area contributed by atoms with Crippen LogP contribution in [0.2, 0.25) is 0 Å². The number of rotatable bonds is 5. The van der Waals surface area contributed by atoms with Crippen LogP contribution < -0.4 is 15.4 Å². The summed E-state index contributed by atoms with van der Waals surface area (Å²) in [4.78, 5) is 14.2. The SMILES string of the molecule is CCN(C(=O)Cc1ccc(OC)cc1)c1ccc(N)cc1. The van der Waals surface area contributed by atoms with Crippen molar-refractivity contribution < 1.29 is 9.53 Å². The number of nitrogens with zero attached hydrogens (tertiary/aromatic N) is 1. The Kier molecular flexibility index (Phi) is 4.82. The molecular formula is C17H20N2O2. The minimum atomic E-state index is 0.0624. The van der Waals surface area contributed by atoms with Crippen LogP contribution in [0, 0.1) is 0 Å². The molecule has 4 nitrogen and oxygen atoms in total. The lowest BCUT2D eigenvalue weighted by Crippen LogP contribution is -2.31. The van der Waals surface area contributed by atoms with Crippen LogP contribution in [0.5, 0.6) is 5.75 Å². The van der Waals surface area contributed by atoms with Crippen molar-refractivity contribution in [1.29, 1.82) is 0 Å². The van der Waals surface area contributed by atoms with E-state index in [0.717, 1.165) is 17.0 Å². The van der Waals surface area contributed by atoms with Gasteiger partial charge in [0.25, 0.3) is 0 Å². The predicted molar refractivity (Wildman–Crippen MR) is 85.6 cm³/mol. The maximum absolute atomic E-state index is 12.4. The first-order valence-corrected chi connectivity index (χ1v) is 6.93. The van der Waals surface area contributed by atoms with E-state index in [0.29, 0.717) is 18.7 Å². The first kappa shape index (κ1) is 14.9. The van der Waals surface area contributed by atoms with E-state index in [1.165, 1.54) is 0 Å². The van der Waals surface area contributed by atoms with Gasteiger partial charge in [0.15, 0.2) is 0 Å². The number of amides is 1. The van der Waals surface area contributed by atoms with Gasteiger partial charge in [-0.3, -0.25) is 4.79 Å². The number of anilines is 2. The Hall–Kier alpha value is -2.49. The second-order valence-corrected chi connectivity index (χ2v) is 4.75. The molecule has 1 amide bonds. The van der Waals surface area contributed by atoms with Gasteiger partial charge in [0.2, 0.25) is 5.91 Å². The van der Waals surface area contributed by atoms with E-state index in [-0.39, 0.29) is 5.91 Å². The molecule has 21 heavy (non-hydrogen) atoms. The minimum Gasteiger partial charge on any atom is -0.497 e. The van der Waals surface area contributed by atoms with Crippen molar-refractivity contribution in [2.75, 3.05) is 24.3 Å². The maximum atomic E-state index is 12.4. The molecule has 0 aliphatic heterocycles. The van der Waals surface area contributed by atoms with Crippen molar-refractivity contribution >= 4 is 17.3 Å². The van der Waals surface area contributed by atoms with E-state index >= 15 is 0 Å². The van der Waals surface area contributed by atoms with Crippen LogP contribution >= 0.6 is 0 Å². The molecular weight excluding hydrogens is 264 g/mol. The molecule has 0 heterocycles. The van der Waals surface area contributed by atoms with Crippen LogP contribution in [0.25, 0.3) is 0 Å². The van der Waals surface area contributed by atoms with Crippen LogP contribution in [0.4, 0.5) is 11.4 Å². The van der Waals surface area contributed by atoms with Gasteiger partial charge in [0.1, 0.15) is 5.75 Å². The molecule has 2 N–H and O–H groups in total. The Morgan fingerprint density at radius 3 is 2.24 bits per heavy atom. The zero-order valence-electron chi connectivity index (χ0n) is 12.4. The lowest BCUT2D eigenvalue weighted by Gasteiger charge is -2.21. The third-order valence-electron chi connectivity index (χ3n) is 3.34. The van der Waals surface area contributed by atoms with Gasteiger partial charge in [-0.05, 0) is 48.9 Å². The summed E-state index contributed by atoms with van der Waals surface area (Å²) in [6.07, 6.45) is 0.363. The van der Waals surface area contributed by atoms with Crippen LogP contribution in [0.3, 0.4) is 0 Å². The number of methoxy groups -OCH3 is 1. The van der Waals surface area contributed by atoms with E-state index in [4.69, 9.17) is 10.5 Å². The number of hydrogen-bond acceptors (Lipinski definition) is 3. The van der Waals surface area contributed by atoms with Gasteiger partial charge >= 0.3 is 0 Å². The molecule has 110 valence electrons. The molecule has 0 bridgehead atoms. The summed E-state index contributed by atoms with van der Waals surface area (Å²) in [5.74, 6) is 0.851. The summed E-state index contributed by atoms with van der Waals surface area (Å²) >= 11 is 0. The molecule has 0 saturated carbocycles. The Morgan fingerprint density at radius 1 is 1.10 bits per heavy atom. The van der Waals surface area contributed by atoms with Crippen LogP contribution in [0.1, 0.15) is 12.5 Å². The lowest BCUT2D eigenvalue weighted by atomic mass is 10.1. The number of hydrogen-bond donors (Lipinski definition) is 1. The van der Waals surface area contributed by atoms with Crippen LogP contribution in [-0.4, -0.2) is 19.6 Å². The van der Waals surface area contributed by atoms with E-state index < -0.39 is 0 Å². The highest BCUT2D eigenvalue weighted by Crippen LogP contribution is 2.18. The topological polar surface area (TPSA) is 55.6 Å². The van der Waals surface area contributed by atoms with E-state index in [1.54, 1.807) is 24.1 Å². The second kappa shape index (κ2) is 6.79. The Balaban J connectivity index is 2.10. The van der Waals surface area contributed by atoms with Gasteiger partial charge in [-0.2, -0.15) is 0 Å². The van der Waals surface area contributed by atoms with Crippen molar-refractivity contribution in [1.82, 2.24) is 0 Å². The number of likely N-dealkylation sites (N-methyl/N-ethyl adjacent to an activating group) is 1. The van der Waals surface area contributed by atoms with Gasteiger partial charge in [-0.25, -0.2) is 0 Å². The van der Waals surface area contributed by atoms with Gasteiger partial charge in [0.05, 0.1) is 13.5 Å². The number of ether oxygens (including phenoxy) is 1. The second-order valence-electron chi connectivity index (χ2n) is 4.75. The monoisotopic (exact) mass is 284 g/mol. The lowest BCUT2D eigenvalue weighted by molar-refractivity contribution is -0.117. The van der Waals surface area contributed by atoms with E-state index in [1.807, 2.05) is 43.3 Å². The van der Waals surface area contributed by atoms with Crippen LogP contribution in [-0.2, 0) is 11.2 Å². The molecule has 0 fully saturated rings. The Bertz CT molecular complexity index is 591. The number of carbonyl (C=O) groups excluding carboxylic acids is 1. The third-order valence-corrected chi connectivity index (χ3v) is 3.34. The smallest absolute Gasteiger partial charge is 0.231 e. The molecule has 0 saturated heterocycles. The molecule has 0 atom stereocenters. The molecule has 0 radical (unpaired) electrons. The van der Waals surface area contributed by atoms with Crippen molar-refractivity contribution in [3.63, 3.8) is 0 Å². The predicted octanol–water partition coefficient (Wildman–Crippen LogP) is 2.87.